The van der Waals surface area contributed by atoms with Crippen molar-refractivity contribution < 1.29 is 14.3 Å². The van der Waals surface area contributed by atoms with Gasteiger partial charge in [0.2, 0.25) is 0 Å². The summed E-state index contributed by atoms with van der Waals surface area (Å²) in [5.74, 6) is -0.524. The van der Waals surface area contributed by atoms with Gasteiger partial charge in [-0.25, -0.2) is 4.98 Å². The predicted molar refractivity (Wildman–Crippen MR) is 123 cm³/mol. The molecule has 0 saturated carbocycles. The van der Waals surface area contributed by atoms with Crippen LogP contribution in [0.25, 0.3) is 10.9 Å². The predicted octanol–water partition coefficient (Wildman–Crippen LogP) is 2.01. The highest BCUT2D eigenvalue weighted by Gasteiger charge is 2.16. The molecule has 8 nitrogen and oxygen atoms in total. The molecule has 1 aliphatic heterocycles. The summed E-state index contributed by atoms with van der Waals surface area (Å²) in [5.41, 5.74) is 3.47. The number of ether oxygens (including phenoxy) is 1. The first-order valence-corrected chi connectivity index (χ1v) is 11.0. The molecule has 0 radical (unpaired) electrons. The van der Waals surface area contributed by atoms with Gasteiger partial charge in [0.25, 0.3) is 11.8 Å². The van der Waals surface area contributed by atoms with Gasteiger partial charge in [0.05, 0.1) is 12.7 Å². The zero-order chi connectivity index (χ0) is 22.3. The number of H-pyrrole nitrogens is 1. The van der Waals surface area contributed by atoms with Crippen LogP contribution in [0, 0.1) is 0 Å². The summed E-state index contributed by atoms with van der Waals surface area (Å²) in [6.07, 6.45) is 4.33. The van der Waals surface area contributed by atoms with Crippen LogP contribution in [0.2, 0.25) is 0 Å². The van der Waals surface area contributed by atoms with Crippen molar-refractivity contribution in [1.29, 1.82) is 0 Å². The zero-order valence-electron chi connectivity index (χ0n) is 18.2. The molecular weight excluding hydrogens is 406 g/mol. The van der Waals surface area contributed by atoms with Crippen LogP contribution < -0.4 is 16.0 Å². The Hall–Kier alpha value is -3.23. The minimum absolute atomic E-state index is 0.198. The van der Waals surface area contributed by atoms with E-state index in [1.165, 1.54) is 0 Å². The van der Waals surface area contributed by atoms with Crippen molar-refractivity contribution in [2.45, 2.75) is 25.4 Å². The summed E-state index contributed by atoms with van der Waals surface area (Å²) in [4.78, 5) is 32.8. The zero-order valence-corrected chi connectivity index (χ0v) is 18.2. The van der Waals surface area contributed by atoms with Crippen molar-refractivity contribution >= 4 is 22.7 Å². The maximum atomic E-state index is 12.8. The number of carbonyl (C=O) groups is 2. The van der Waals surface area contributed by atoms with E-state index in [1.807, 2.05) is 30.5 Å². The van der Waals surface area contributed by atoms with Crippen molar-refractivity contribution in [3.63, 3.8) is 0 Å². The monoisotopic (exact) mass is 435 g/mol. The van der Waals surface area contributed by atoms with E-state index >= 15 is 0 Å². The lowest BCUT2D eigenvalue weighted by Crippen LogP contribution is -2.38. The summed E-state index contributed by atoms with van der Waals surface area (Å²) in [6.45, 7) is 3.03. The fraction of sp³-hybridized carbons (Fsp3) is 0.375. The third kappa shape index (κ3) is 5.33. The van der Waals surface area contributed by atoms with Gasteiger partial charge in [-0.05, 0) is 42.7 Å². The van der Waals surface area contributed by atoms with Crippen molar-refractivity contribution in [2.24, 2.45) is 0 Å². The molecule has 32 heavy (non-hydrogen) atoms. The molecule has 8 heteroatoms. The number of carbonyl (C=O) groups excluding carboxylic acids is 2. The number of fused-ring (bicyclic) bond motifs is 1. The molecule has 3 heterocycles. The fourth-order valence-corrected chi connectivity index (χ4v) is 3.99. The minimum atomic E-state index is -0.317. The topological polar surface area (TPSA) is 108 Å². The van der Waals surface area contributed by atoms with Gasteiger partial charge in [-0.2, -0.15) is 0 Å². The molecule has 4 rings (SSSR count). The van der Waals surface area contributed by atoms with Crippen LogP contribution in [0.4, 0.5) is 0 Å². The van der Waals surface area contributed by atoms with Crippen LogP contribution in [0.1, 0.15) is 44.9 Å². The Morgan fingerprint density at radius 2 is 2.12 bits per heavy atom. The highest BCUT2D eigenvalue weighted by atomic mass is 16.5. The molecule has 1 aromatic carbocycles. The SMILES string of the molecule is CNC(=O)c1cc(C(=O)NCCCC2CNCCO2)cc(Cc2cccc3[nH]ccc23)n1. The van der Waals surface area contributed by atoms with Crippen LogP contribution in [-0.4, -0.2) is 61.2 Å². The average Bonchev–Trinajstić information content (AvgIpc) is 3.32. The number of benzene rings is 1. The van der Waals surface area contributed by atoms with Crippen LogP contribution >= 0.6 is 0 Å². The van der Waals surface area contributed by atoms with Crippen LogP contribution in [-0.2, 0) is 11.2 Å². The normalized spacial score (nSPS) is 16.1. The quantitative estimate of drug-likeness (QED) is 0.405. The number of amides is 2. The second-order valence-electron chi connectivity index (χ2n) is 7.94. The molecule has 2 aromatic heterocycles. The van der Waals surface area contributed by atoms with Crippen molar-refractivity contribution in [3.8, 4) is 0 Å². The number of hydrogen-bond acceptors (Lipinski definition) is 5. The molecule has 0 spiro atoms. The molecule has 168 valence electrons. The second kappa shape index (κ2) is 10.4. The summed E-state index contributed by atoms with van der Waals surface area (Å²) in [6, 6.07) is 11.4. The fourth-order valence-electron chi connectivity index (χ4n) is 3.99. The van der Waals surface area contributed by atoms with E-state index in [0.717, 1.165) is 49.0 Å². The van der Waals surface area contributed by atoms with Gasteiger partial charge in [0, 0.05) is 61.5 Å². The van der Waals surface area contributed by atoms with E-state index < -0.39 is 0 Å². The van der Waals surface area contributed by atoms with Crippen LogP contribution in [0.5, 0.6) is 0 Å². The van der Waals surface area contributed by atoms with Crippen molar-refractivity contribution in [1.82, 2.24) is 25.9 Å². The molecule has 1 aliphatic rings. The van der Waals surface area contributed by atoms with Gasteiger partial charge < -0.3 is 25.7 Å². The number of nitrogens with one attached hydrogen (secondary N) is 4. The largest absolute Gasteiger partial charge is 0.376 e. The van der Waals surface area contributed by atoms with E-state index in [4.69, 9.17) is 4.74 Å². The first kappa shape index (κ1) is 22.0. The maximum absolute atomic E-state index is 12.8. The number of aromatic nitrogens is 2. The number of nitrogens with zero attached hydrogens (tertiary/aromatic N) is 1. The number of aromatic amines is 1. The lowest BCUT2D eigenvalue weighted by molar-refractivity contribution is 0.0225. The van der Waals surface area contributed by atoms with Crippen molar-refractivity contribution in [2.75, 3.05) is 33.3 Å². The number of rotatable bonds is 8. The third-order valence-electron chi connectivity index (χ3n) is 5.65. The molecule has 0 aliphatic carbocycles. The standard InChI is InChI=1S/C24H29N5O3/c1-25-24(31)22-14-17(23(30)28-8-3-5-19-15-26-10-11-32-19)13-18(29-22)12-16-4-2-6-21-20(16)7-9-27-21/h2,4,6-7,9,13-14,19,26-27H,3,5,8,10-12,15H2,1H3,(H,25,31)(H,28,30). The lowest BCUT2D eigenvalue weighted by atomic mass is 10.0. The highest BCUT2D eigenvalue weighted by molar-refractivity contribution is 5.98. The molecule has 1 saturated heterocycles. The molecule has 3 aromatic rings. The lowest BCUT2D eigenvalue weighted by Gasteiger charge is -2.23. The Bertz CT molecular complexity index is 1090. The Balaban J connectivity index is 1.46. The van der Waals surface area contributed by atoms with E-state index in [9.17, 15) is 9.59 Å². The first-order chi connectivity index (χ1) is 15.6. The summed E-state index contributed by atoms with van der Waals surface area (Å²) >= 11 is 0. The second-order valence-corrected chi connectivity index (χ2v) is 7.94. The van der Waals surface area contributed by atoms with Gasteiger partial charge in [0.15, 0.2) is 0 Å². The van der Waals surface area contributed by atoms with E-state index in [-0.39, 0.29) is 23.6 Å². The molecule has 1 fully saturated rings. The number of pyridine rings is 1. The summed E-state index contributed by atoms with van der Waals surface area (Å²) in [7, 11) is 1.55. The third-order valence-corrected chi connectivity index (χ3v) is 5.65. The molecule has 4 N–H and O–H groups in total. The first-order valence-electron chi connectivity index (χ1n) is 11.0. The Kier molecular flexibility index (Phi) is 7.14. The Labute approximate surface area is 187 Å². The molecule has 1 unspecified atom stereocenters. The minimum Gasteiger partial charge on any atom is -0.376 e. The highest BCUT2D eigenvalue weighted by Crippen LogP contribution is 2.21. The van der Waals surface area contributed by atoms with E-state index in [2.05, 4.69) is 25.9 Å². The Morgan fingerprint density at radius 1 is 1.22 bits per heavy atom. The smallest absolute Gasteiger partial charge is 0.269 e. The van der Waals surface area contributed by atoms with Crippen molar-refractivity contribution in [3.05, 3.63) is 65.1 Å². The van der Waals surface area contributed by atoms with Gasteiger partial charge in [0.1, 0.15) is 5.69 Å². The molecule has 2 amide bonds. The average molecular weight is 436 g/mol. The Morgan fingerprint density at radius 3 is 2.94 bits per heavy atom. The maximum Gasteiger partial charge on any atom is 0.269 e. The molecule has 1 atom stereocenters. The van der Waals surface area contributed by atoms with E-state index in [1.54, 1.807) is 19.2 Å². The van der Waals surface area contributed by atoms with Gasteiger partial charge in [-0.1, -0.05) is 12.1 Å². The van der Waals surface area contributed by atoms with Crippen LogP contribution in [0.3, 0.4) is 0 Å². The molecular formula is C24H29N5O3. The van der Waals surface area contributed by atoms with Crippen LogP contribution in [0.15, 0.2) is 42.6 Å². The van der Waals surface area contributed by atoms with E-state index in [0.29, 0.717) is 24.2 Å². The number of hydrogen-bond donors (Lipinski definition) is 4. The van der Waals surface area contributed by atoms with Gasteiger partial charge in [-0.3, -0.25) is 9.59 Å². The summed E-state index contributed by atoms with van der Waals surface area (Å²) in [5, 5.41) is 9.97. The van der Waals surface area contributed by atoms with Gasteiger partial charge >= 0.3 is 0 Å². The van der Waals surface area contributed by atoms with Gasteiger partial charge in [-0.15, -0.1) is 0 Å². The number of morpholine rings is 1. The molecule has 0 bridgehead atoms. The summed E-state index contributed by atoms with van der Waals surface area (Å²) < 4.78 is 5.69.